The lowest BCUT2D eigenvalue weighted by atomic mass is 9.88. The molecule has 0 saturated carbocycles. The molecule has 2 saturated heterocycles. The number of rotatable bonds is 7. The lowest BCUT2D eigenvalue weighted by molar-refractivity contribution is -0.129. The van der Waals surface area contributed by atoms with E-state index >= 15 is 0 Å². The van der Waals surface area contributed by atoms with Crippen molar-refractivity contribution in [1.82, 2.24) is 19.8 Å². The van der Waals surface area contributed by atoms with E-state index in [0.717, 1.165) is 42.6 Å². The first-order valence-corrected chi connectivity index (χ1v) is 12.5. The summed E-state index contributed by atoms with van der Waals surface area (Å²) in [7, 11) is 3.14. The SMILES string of the molecule is COc1ccc(CN2C(=O)CCN(c3cnn4ccc(C[C@@H]5CCN[C@@H](C)C5)cc34)C2=O)c(OC)c1. The van der Waals surface area contributed by atoms with Crippen LogP contribution in [0, 0.1) is 5.92 Å². The first kappa shape index (κ1) is 24.1. The highest BCUT2D eigenvalue weighted by atomic mass is 16.5. The lowest BCUT2D eigenvalue weighted by Gasteiger charge is -2.34. The van der Waals surface area contributed by atoms with Gasteiger partial charge in [0.05, 0.1) is 38.2 Å². The van der Waals surface area contributed by atoms with Crippen molar-refractivity contribution in [2.24, 2.45) is 5.92 Å². The van der Waals surface area contributed by atoms with Crippen LogP contribution in [0.5, 0.6) is 11.5 Å². The first-order chi connectivity index (χ1) is 17.5. The van der Waals surface area contributed by atoms with Crippen LogP contribution in [0.2, 0.25) is 0 Å². The Hall–Kier alpha value is -3.59. The Kier molecular flexibility index (Phi) is 6.82. The van der Waals surface area contributed by atoms with Gasteiger partial charge in [-0.2, -0.15) is 5.10 Å². The van der Waals surface area contributed by atoms with E-state index in [-0.39, 0.29) is 24.9 Å². The lowest BCUT2D eigenvalue weighted by Crippen LogP contribution is -2.52. The summed E-state index contributed by atoms with van der Waals surface area (Å²) in [5, 5.41) is 7.99. The number of carbonyl (C=O) groups excluding carboxylic acids is 2. The zero-order chi connectivity index (χ0) is 25.2. The Morgan fingerprint density at radius 1 is 1.14 bits per heavy atom. The predicted molar refractivity (Wildman–Crippen MR) is 137 cm³/mol. The normalized spacial score (nSPS) is 20.8. The third-order valence-electron chi connectivity index (χ3n) is 7.25. The molecule has 0 bridgehead atoms. The molecule has 1 N–H and O–H groups in total. The van der Waals surface area contributed by atoms with Crippen molar-refractivity contribution in [1.29, 1.82) is 0 Å². The fourth-order valence-electron chi connectivity index (χ4n) is 5.32. The zero-order valence-corrected chi connectivity index (χ0v) is 21.1. The molecule has 9 heteroatoms. The largest absolute Gasteiger partial charge is 0.497 e. The Balaban J connectivity index is 1.39. The molecular weight excluding hydrogens is 458 g/mol. The van der Waals surface area contributed by atoms with Crippen LogP contribution in [0.15, 0.2) is 42.7 Å². The molecule has 0 unspecified atom stereocenters. The summed E-state index contributed by atoms with van der Waals surface area (Å²) in [5.74, 6) is 1.65. The number of fused-ring (bicyclic) bond motifs is 1. The molecule has 3 amide bonds. The highest BCUT2D eigenvalue weighted by molar-refractivity contribution is 6.07. The van der Waals surface area contributed by atoms with Crippen LogP contribution in [0.4, 0.5) is 10.5 Å². The minimum absolute atomic E-state index is 0.125. The van der Waals surface area contributed by atoms with E-state index in [4.69, 9.17) is 9.47 Å². The van der Waals surface area contributed by atoms with Crippen molar-refractivity contribution in [3.05, 3.63) is 53.9 Å². The maximum atomic E-state index is 13.6. The summed E-state index contributed by atoms with van der Waals surface area (Å²) in [6.45, 7) is 3.74. The minimum atomic E-state index is -0.350. The van der Waals surface area contributed by atoms with Crippen LogP contribution in [0.25, 0.3) is 5.52 Å². The van der Waals surface area contributed by atoms with Crippen molar-refractivity contribution < 1.29 is 19.1 Å². The summed E-state index contributed by atoms with van der Waals surface area (Å²) in [5.41, 5.74) is 3.57. The van der Waals surface area contributed by atoms with Gasteiger partial charge in [0, 0.05) is 36.8 Å². The number of benzene rings is 1. The molecule has 2 fully saturated rings. The Morgan fingerprint density at radius 3 is 2.78 bits per heavy atom. The average Bonchev–Trinajstić information content (AvgIpc) is 3.29. The van der Waals surface area contributed by atoms with Crippen LogP contribution in [0.1, 0.15) is 37.3 Å². The first-order valence-electron chi connectivity index (χ1n) is 12.5. The highest BCUT2D eigenvalue weighted by Crippen LogP contribution is 2.31. The van der Waals surface area contributed by atoms with Crippen molar-refractivity contribution in [3.63, 3.8) is 0 Å². The Bertz CT molecular complexity index is 1270. The summed E-state index contributed by atoms with van der Waals surface area (Å²) in [4.78, 5) is 29.3. The number of hydrogen-bond donors (Lipinski definition) is 1. The van der Waals surface area contributed by atoms with Gasteiger partial charge in [0.15, 0.2) is 0 Å². The number of pyridine rings is 1. The van der Waals surface area contributed by atoms with Gasteiger partial charge >= 0.3 is 6.03 Å². The number of carbonyl (C=O) groups is 2. The van der Waals surface area contributed by atoms with E-state index < -0.39 is 0 Å². The quantitative estimate of drug-likeness (QED) is 0.543. The molecule has 2 atom stereocenters. The average molecular weight is 492 g/mol. The van der Waals surface area contributed by atoms with Crippen LogP contribution in [-0.4, -0.2) is 59.8 Å². The number of hydrogen-bond acceptors (Lipinski definition) is 6. The van der Waals surface area contributed by atoms with E-state index in [2.05, 4.69) is 29.5 Å². The Labute approximate surface area is 211 Å². The van der Waals surface area contributed by atoms with Gasteiger partial charge in [-0.25, -0.2) is 9.31 Å². The number of urea groups is 1. The predicted octanol–water partition coefficient (Wildman–Crippen LogP) is 3.64. The van der Waals surface area contributed by atoms with Gasteiger partial charge < -0.3 is 14.8 Å². The monoisotopic (exact) mass is 491 g/mol. The molecule has 9 nitrogen and oxygen atoms in total. The number of piperidine rings is 1. The zero-order valence-electron chi connectivity index (χ0n) is 21.1. The number of nitrogens with one attached hydrogen (secondary N) is 1. The van der Waals surface area contributed by atoms with Gasteiger partial charge in [0.25, 0.3) is 0 Å². The molecule has 2 aromatic heterocycles. The third-order valence-corrected chi connectivity index (χ3v) is 7.25. The van der Waals surface area contributed by atoms with E-state index in [1.54, 1.807) is 42.0 Å². The second-order valence-electron chi connectivity index (χ2n) is 9.69. The number of nitrogens with zero attached hydrogens (tertiary/aromatic N) is 4. The van der Waals surface area contributed by atoms with Crippen molar-refractivity contribution in [2.75, 3.05) is 32.2 Å². The maximum absolute atomic E-state index is 13.6. The molecule has 0 aliphatic carbocycles. The smallest absolute Gasteiger partial charge is 0.331 e. The van der Waals surface area contributed by atoms with Crippen molar-refractivity contribution in [2.45, 2.75) is 45.2 Å². The van der Waals surface area contributed by atoms with E-state index in [1.165, 1.54) is 10.5 Å². The van der Waals surface area contributed by atoms with E-state index in [0.29, 0.717) is 30.0 Å². The van der Waals surface area contributed by atoms with Gasteiger partial charge in [-0.1, -0.05) is 0 Å². The summed E-state index contributed by atoms with van der Waals surface area (Å²) in [6.07, 6.45) is 7.24. The third kappa shape index (κ3) is 4.75. The molecule has 0 radical (unpaired) electrons. The number of imide groups is 1. The number of amides is 3. The number of anilines is 1. The molecule has 5 rings (SSSR count). The standard InChI is InChI=1S/C27H33N5O4/c1-18-12-19(6-9-28-18)13-20-7-11-32-23(14-20)24(16-29-32)30-10-8-26(33)31(27(30)34)17-21-4-5-22(35-2)15-25(21)36-3/h4-5,7,11,14-16,18-19,28H,6,8-10,12-13,17H2,1-3H3/t18-,19+/m0/s1. The fraction of sp³-hybridized carbons (Fsp3) is 0.444. The number of ether oxygens (including phenoxy) is 2. The molecule has 36 heavy (non-hydrogen) atoms. The van der Waals surface area contributed by atoms with E-state index in [9.17, 15) is 9.59 Å². The van der Waals surface area contributed by atoms with Crippen LogP contribution in [0.3, 0.4) is 0 Å². The molecule has 190 valence electrons. The fourth-order valence-corrected chi connectivity index (χ4v) is 5.32. The molecule has 2 aliphatic rings. The molecule has 2 aliphatic heterocycles. The second kappa shape index (κ2) is 10.2. The molecule has 4 heterocycles. The summed E-state index contributed by atoms with van der Waals surface area (Å²) >= 11 is 0. The van der Waals surface area contributed by atoms with Gasteiger partial charge in [-0.3, -0.25) is 14.6 Å². The van der Waals surface area contributed by atoms with Gasteiger partial charge in [-0.05, 0) is 68.5 Å². The summed E-state index contributed by atoms with van der Waals surface area (Å²) in [6, 6.07) is 9.80. The Morgan fingerprint density at radius 2 is 2.00 bits per heavy atom. The van der Waals surface area contributed by atoms with Crippen molar-refractivity contribution >= 4 is 23.1 Å². The molecule has 3 aromatic rings. The topological polar surface area (TPSA) is 88.4 Å². The highest BCUT2D eigenvalue weighted by Gasteiger charge is 2.35. The number of methoxy groups -OCH3 is 2. The van der Waals surface area contributed by atoms with Gasteiger partial charge in [-0.15, -0.1) is 0 Å². The van der Waals surface area contributed by atoms with Crippen LogP contribution < -0.4 is 19.7 Å². The van der Waals surface area contributed by atoms with Gasteiger partial charge in [0.1, 0.15) is 11.5 Å². The van der Waals surface area contributed by atoms with E-state index in [1.807, 2.05) is 12.3 Å². The summed E-state index contributed by atoms with van der Waals surface area (Å²) < 4.78 is 12.5. The molecule has 1 aromatic carbocycles. The van der Waals surface area contributed by atoms with Crippen LogP contribution in [-0.2, 0) is 17.8 Å². The van der Waals surface area contributed by atoms with Crippen LogP contribution >= 0.6 is 0 Å². The van der Waals surface area contributed by atoms with Gasteiger partial charge in [0.2, 0.25) is 5.91 Å². The number of aromatic nitrogens is 2. The maximum Gasteiger partial charge on any atom is 0.331 e. The molecule has 0 spiro atoms. The molecular formula is C27H33N5O4. The van der Waals surface area contributed by atoms with Crippen molar-refractivity contribution in [3.8, 4) is 11.5 Å². The minimum Gasteiger partial charge on any atom is -0.497 e. The second-order valence-corrected chi connectivity index (χ2v) is 9.69.